The molecule has 1 fully saturated rings. The summed E-state index contributed by atoms with van der Waals surface area (Å²) in [4.78, 5) is 10.00. The lowest BCUT2D eigenvalue weighted by molar-refractivity contribution is -0.385. The molecule has 0 saturated carbocycles. The van der Waals surface area contributed by atoms with E-state index in [-0.39, 0.29) is 11.2 Å². The number of hydrogen-bond donors (Lipinski definition) is 1. The van der Waals surface area contributed by atoms with E-state index in [2.05, 4.69) is 5.32 Å². The highest BCUT2D eigenvalue weighted by atomic mass is 19.1. The molecule has 0 spiro atoms. The van der Waals surface area contributed by atoms with Crippen molar-refractivity contribution in [2.75, 3.05) is 18.5 Å². The number of nitrogens with one attached hydrogen (secondary N) is 1. The Morgan fingerprint density at radius 3 is 2.88 bits per heavy atom. The molecule has 0 amide bonds. The summed E-state index contributed by atoms with van der Waals surface area (Å²) in [7, 11) is 0. The monoisotopic (exact) mass is 240 g/mol. The molecule has 6 heteroatoms. The van der Waals surface area contributed by atoms with Gasteiger partial charge in [0.15, 0.2) is 0 Å². The Bertz CT molecular complexity index is 444. The number of anilines is 1. The number of hydrogen-bond acceptors (Lipinski definition) is 4. The first-order chi connectivity index (χ1) is 7.98. The molecular weight excluding hydrogens is 227 g/mol. The molecule has 2 rings (SSSR count). The van der Waals surface area contributed by atoms with Gasteiger partial charge in [-0.05, 0) is 19.4 Å². The average Bonchev–Trinajstić information content (AvgIpc) is 2.63. The van der Waals surface area contributed by atoms with Gasteiger partial charge in [-0.25, -0.2) is 4.39 Å². The van der Waals surface area contributed by atoms with Crippen LogP contribution in [0.4, 0.5) is 15.8 Å². The molecule has 1 atom stereocenters. The number of rotatable bonds is 3. The van der Waals surface area contributed by atoms with Crippen LogP contribution < -0.4 is 5.32 Å². The standard InChI is InChI=1S/C11H13FN2O3/c1-11(2-3-17-7-11)13-9-4-8(12)5-10(6-9)14(15)16/h4-6,13H,2-3,7H2,1H3. The number of ether oxygens (including phenoxy) is 1. The van der Waals surface area contributed by atoms with Crippen LogP contribution in [0.3, 0.4) is 0 Å². The summed E-state index contributed by atoms with van der Waals surface area (Å²) in [5.74, 6) is -0.621. The van der Waals surface area contributed by atoms with Crippen LogP contribution in [0.15, 0.2) is 18.2 Å². The number of halogens is 1. The van der Waals surface area contributed by atoms with E-state index in [1.807, 2.05) is 6.92 Å². The van der Waals surface area contributed by atoms with Crippen molar-refractivity contribution in [3.63, 3.8) is 0 Å². The number of nitrogens with zero attached hydrogens (tertiary/aromatic N) is 1. The van der Waals surface area contributed by atoms with Crippen LogP contribution in [-0.2, 0) is 4.74 Å². The second-order valence-electron chi connectivity index (χ2n) is 4.44. The molecule has 0 aliphatic carbocycles. The highest BCUT2D eigenvalue weighted by molar-refractivity contribution is 5.53. The van der Waals surface area contributed by atoms with Crippen LogP contribution in [0, 0.1) is 15.9 Å². The molecule has 0 aromatic heterocycles. The van der Waals surface area contributed by atoms with Gasteiger partial charge in [-0.15, -0.1) is 0 Å². The predicted octanol–water partition coefficient (Wildman–Crippen LogP) is 2.32. The Balaban J connectivity index is 2.23. The third kappa shape index (κ3) is 2.71. The zero-order valence-electron chi connectivity index (χ0n) is 9.40. The highest BCUT2D eigenvalue weighted by Crippen LogP contribution is 2.27. The lowest BCUT2D eigenvalue weighted by Gasteiger charge is -2.24. The molecule has 17 heavy (non-hydrogen) atoms. The van der Waals surface area contributed by atoms with E-state index in [4.69, 9.17) is 4.74 Å². The summed E-state index contributed by atoms with van der Waals surface area (Å²) >= 11 is 0. The van der Waals surface area contributed by atoms with E-state index in [0.29, 0.717) is 18.9 Å². The molecular formula is C11H13FN2O3. The minimum atomic E-state index is -0.621. The van der Waals surface area contributed by atoms with Gasteiger partial charge < -0.3 is 10.1 Å². The van der Waals surface area contributed by atoms with Gasteiger partial charge in [0.25, 0.3) is 5.69 Å². The van der Waals surface area contributed by atoms with Crippen molar-refractivity contribution in [1.29, 1.82) is 0 Å². The fourth-order valence-electron chi connectivity index (χ4n) is 1.87. The Kier molecular flexibility index (Phi) is 2.97. The minimum absolute atomic E-state index is 0.255. The maximum atomic E-state index is 13.2. The van der Waals surface area contributed by atoms with Gasteiger partial charge in [-0.3, -0.25) is 10.1 Å². The van der Waals surface area contributed by atoms with Crippen LogP contribution in [0.5, 0.6) is 0 Å². The SMILES string of the molecule is CC1(Nc2cc(F)cc([N+](=O)[O-])c2)CCOC1. The van der Waals surface area contributed by atoms with Crippen LogP contribution in [0.2, 0.25) is 0 Å². The Hall–Kier alpha value is -1.69. The van der Waals surface area contributed by atoms with Crippen LogP contribution in [0.1, 0.15) is 13.3 Å². The summed E-state index contributed by atoms with van der Waals surface area (Å²) < 4.78 is 18.5. The van der Waals surface area contributed by atoms with Gasteiger partial charge in [0, 0.05) is 18.4 Å². The van der Waals surface area contributed by atoms with Gasteiger partial charge in [0.2, 0.25) is 0 Å². The molecule has 1 aliphatic heterocycles. The molecule has 5 nitrogen and oxygen atoms in total. The number of nitro groups is 1. The van der Waals surface area contributed by atoms with Crippen molar-refractivity contribution in [1.82, 2.24) is 0 Å². The minimum Gasteiger partial charge on any atom is -0.379 e. The fraction of sp³-hybridized carbons (Fsp3) is 0.455. The fourth-order valence-corrected chi connectivity index (χ4v) is 1.87. The summed E-state index contributed by atoms with van der Waals surface area (Å²) in [6.45, 7) is 3.09. The Morgan fingerprint density at radius 2 is 2.29 bits per heavy atom. The number of non-ortho nitro benzene ring substituents is 1. The van der Waals surface area contributed by atoms with Gasteiger partial charge in [-0.2, -0.15) is 0 Å². The van der Waals surface area contributed by atoms with E-state index in [1.165, 1.54) is 12.1 Å². The molecule has 1 unspecified atom stereocenters. The van der Waals surface area contributed by atoms with Gasteiger partial charge in [0.05, 0.1) is 23.1 Å². The van der Waals surface area contributed by atoms with Gasteiger partial charge in [-0.1, -0.05) is 0 Å². The van der Waals surface area contributed by atoms with E-state index >= 15 is 0 Å². The predicted molar refractivity (Wildman–Crippen MR) is 60.5 cm³/mol. The maximum Gasteiger partial charge on any atom is 0.274 e. The normalized spacial score (nSPS) is 23.6. The van der Waals surface area contributed by atoms with Crippen LogP contribution >= 0.6 is 0 Å². The lowest BCUT2D eigenvalue weighted by Crippen LogP contribution is -2.34. The van der Waals surface area contributed by atoms with Crippen molar-refractivity contribution in [3.05, 3.63) is 34.1 Å². The van der Waals surface area contributed by atoms with Gasteiger partial charge in [0.1, 0.15) is 5.82 Å². The summed E-state index contributed by atoms with van der Waals surface area (Å²) in [6, 6.07) is 3.47. The first kappa shape index (κ1) is 11.8. The molecule has 1 saturated heterocycles. The van der Waals surface area contributed by atoms with Gasteiger partial charge >= 0.3 is 0 Å². The molecule has 1 aromatic rings. The van der Waals surface area contributed by atoms with E-state index in [0.717, 1.165) is 12.5 Å². The van der Waals surface area contributed by atoms with E-state index in [1.54, 1.807) is 0 Å². The summed E-state index contributed by atoms with van der Waals surface area (Å²) in [5, 5.41) is 13.7. The number of benzene rings is 1. The highest BCUT2D eigenvalue weighted by Gasteiger charge is 2.29. The Labute approximate surface area is 97.7 Å². The molecule has 1 N–H and O–H groups in total. The second-order valence-corrected chi connectivity index (χ2v) is 4.44. The summed E-state index contributed by atoms with van der Waals surface area (Å²) in [6.07, 6.45) is 0.789. The van der Waals surface area contributed by atoms with Crippen molar-refractivity contribution in [2.24, 2.45) is 0 Å². The van der Waals surface area contributed by atoms with Crippen molar-refractivity contribution < 1.29 is 14.1 Å². The largest absolute Gasteiger partial charge is 0.379 e. The molecule has 1 aromatic carbocycles. The summed E-state index contributed by atoms with van der Waals surface area (Å²) in [5.41, 5.74) is -0.138. The van der Waals surface area contributed by atoms with E-state index < -0.39 is 10.7 Å². The molecule has 1 aliphatic rings. The van der Waals surface area contributed by atoms with Crippen LogP contribution in [-0.4, -0.2) is 23.7 Å². The maximum absolute atomic E-state index is 13.2. The first-order valence-corrected chi connectivity index (χ1v) is 5.29. The quantitative estimate of drug-likeness (QED) is 0.650. The second kappa shape index (κ2) is 4.29. The third-order valence-corrected chi connectivity index (χ3v) is 2.76. The number of nitro benzene ring substituents is 1. The third-order valence-electron chi connectivity index (χ3n) is 2.76. The molecule has 0 radical (unpaired) electrons. The van der Waals surface area contributed by atoms with E-state index in [9.17, 15) is 14.5 Å². The van der Waals surface area contributed by atoms with Crippen molar-refractivity contribution in [3.8, 4) is 0 Å². The zero-order valence-corrected chi connectivity index (χ0v) is 9.40. The Morgan fingerprint density at radius 1 is 1.53 bits per heavy atom. The van der Waals surface area contributed by atoms with Crippen molar-refractivity contribution in [2.45, 2.75) is 18.9 Å². The zero-order chi connectivity index (χ0) is 12.5. The smallest absolute Gasteiger partial charge is 0.274 e. The first-order valence-electron chi connectivity index (χ1n) is 5.29. The average molecular weight is 240 g/mol. The van der Waals surface area contributed by atoms with Crippen molar-refractivity contribution >= 4 is 11.4 Å². The van der Waals surface area contributed by atoms with Crippen LogP contribution in [0.25, 0.3) is 0 Å². The molecule has 92 valence electrons. The molecule has 1 heterocycles. The lowest BCUT2D eigenvalue weighted by atomic mass is 10.0. The molecule has 0 bridgehead atoms. The topological polar surface area (TPSA) is 64.4 Å².